The third-order valence-electron chi connectivity index (χ3n) is 4.30. The molecular weight excluding hydrogens is 250 g/mol. The number of hydrogen-bond donors (Lipinski definition) is 1. The van der Waals surface area contributed by atoms with Crippen LogP contribution in [0.5, 0.6) is 0 Å². The summed E-state index contributed by atoms with van der Waals surface area (Å²) in [7, 11) is -3.21. The first-order valence-electron chi connectivity index (χ1n) is 6.99. The van der Waals surface area contributed by atoms with Crippen LogP contribution in [0.3, 0.4) is 0 Å². The minimum Gasteiger partial charge on any atom is -0.330 e. The minimum atomic E-state index is -3.21. The van der Waals surface area contributed by atoms with Gasteiger partial charge in [-0.15, -0.1) is 0 Å². The Morgan fingerprint density at radius 3 is 1.89 bits per heavy atom. The molecule has 0 aromatic carbocycles. The summed E-state index contributed by atoms with van der Waals surface area (Å²) in [5.41, 5.74) is 5.64. The lowest BCUT2D eigenvalue weighted by molar-refractivity contribution is 0.233. The van der Waals surface area contributed by atoms with Gasteiger partial charge in [0.1, 0.15) is 0 Å². The molecule has 2 aliphatic rings. The lowest BCUT2D eigenvalue weighted by Gasteiger charge is -2.37. The minimum absolute atomic E-state index is 0.498. The Kier molecular flexibility index (Phi) is 4.64. The van der Waals surface area contributed by atoms with Gasteiger partial charge in [-0.3, -0.25) is 0 Å². The van der Waals surface area contributed by atoms with Crippen molar-refractivity contribution in [1.29, 1.82) is 0 Å². The molecule has 0 aromatic rings. The molecule has 6 heteroatoms. The quantitative estimate of drug-likeness (QED) is 0.821. The second kappa shape index (κ2) is 5.86. The Bertz CT molecular complexity index is 356. The van der Waals surface area contributed by atoms with E-state index in [2.05, 4.69) is 6.92 Å². The van der Waals surface area contributed by atoms with Crippen molar-refractivity contribution in [2.75, 3.05) is 32.7 Å². The smallest absolute Gasteiger partial charge is 0.281 e. The molecule has 0 aliphatic carbocycles. The molecule has 2 fully saturated rings. The Morgan fingerprint density at radius 2 is 1.44 bits per heavy atom. The largest absolute Gasteiger partial charge is 0.330 e. The van der Waals surface area contributed by atoms with Crippen LogP contribution in [-0.4, -0.2) is 49.8 Å². The molecule has 2 heterocycles. The molecule has 0 saturated carbocycles. The lowest BCUT2D eigenvalue weighted by Crippen LogP contribution is -2.49. The zero-order chi connectivity index (χ0) is 13.2. The molecule has 5 nitrogen and oxygen atoms in total. The van der Waals surface area contributed by atoms with Gasteiger partial charge in [-0.1, -0.05) is 6.92 Å². The van der Waals surface area contributed by atoms with E-state index in [0.717, 1.165) is 25.7 Å². The molecular formula is C12H25N3O2S. The van der Waals surface area contributed by atoms with Crippen molar-refractivity contribution in [3.63, 3.8) is 0 Å². The fourth-order valence-corrected chi connectivity index (χ4v) is 4.43. The zero-order valence-electron chi connectivity index (χ0n) is 11.2. The summed E-state index contributed by atoms with van der Waals surface area (Å²) in [4.78, 5) is 0. The highest BCUT2D eigenvalue weighted by Crippen LogP contribution is 2.24. The summed E-state index contributed by atoms with van der Waals surface area (Å²) in [5, 5.41) is 0. The number of nitrogens with two attached hydrogens (primary N) is 1. The van der Waals surface area contributed by atoms with Crippen LogP contribution in [0.25, 0.3) is 0 Å². The van der Waals surface area contributed by atoms with Crippen molar-refractivity contribution in [3.8, 4) is 0 Å². The predicted molar refractivity (Wildman–Crippen MR) is 72.2 cm³/mol. The van der Waals surface area contributed by atoms with Crippen molar-refractivity contribution >= 4 is 10.2 Å². The van der Waals surface area contributed by atoms with Crippen molar-refractivity contribution < 1.29 is 8.42 Å². The summed E-state index contributed by atoms with van der Waals surface area (Å²) in [6.07, 6.45) is 3.77. The predicted octanol–water partition coefficient (Wildman–Crippen LogP) is 0.634. The Morgan fingerprint density at radius 1 is 1.00 bits per heavy atom. The highest BCUT2D eigenvalue weighted by atomic mass is 32.2. The van der Waals surface area contributed by atoms with E-state index in [-0.39, 0.29) is 0 Å². The van der Waals surface area contributed by atoms with Gasteiger partial charge in [-0.25, -0.2) is 0 Å². The van der Waals surface area contributed by atoms with Gasteiger partial charge in [0.05, 0.1) is 0 Å². The molecule has 0 amide bonds. The SMILES string of the molecule is CC1CCN(S(=O)(=O)N2CCC(CN)CC2)CC1. The maximum absolute atomic E-state index is 12.5. The van der Waals surface area contributed by atoms with Crippen LogP contribution < -0.4 is 5.73 Å². The summed E-state index contributed by atoms with van der Waals surface area (Å²) < 4.78 is 28.2. The maximum Gasteiger partial charge on any atom is 0.281 e. The van der Waals surface area contributed by atoms with Gasteiger partial charge in [-0.2, -0.15) is 17.0 Å². The molecule has 106 valence electrons. The first-order valence-corrected chi connectivity index (χ1v) is 8.39. The van der Waals surface area contributed by atoms with Gasteiger partial charge in [-0.05, 0) is 44.1 Å². The van der Waals surface area contributed by atoms with Gasteiger partial charge in [0, 0.05) is 26.2 Å². The van der Waals surface area contributed by atoms with Crippen molar-refractivity contribution in [2.24, 2.45) is 17.6 Å². The first kappa shape index (κ1) is 14.2. The van der Waals surface area contributed by atoms with E-state index in [9.17, 15) is 8.42 Å². The van der Waals surface area contributed by atoms with Crippen molar-refractivity contribution in [2.45, 2.75) is 32.6 Å². The Hall–Kier alpha value is -0.170. The third-order valence-corrected chi connectivity index (χ3v) is 6.34. The highest BCUT2D eigenvalue weighted by Gasteiger charge is 2.34. The summed E-state index contributed by atoms with van der Waals surface area (Å²) in [6.45, 7) is 5.50. The molecule has 0 unspecified atom stereocenters. The van der Waals surface area contributed by atoms with Gasteiger partial charge < -0.3 is 5.73 Å². The molecule has 0 radical (unpaired) electrons. The van der Waals surface area contributed by atoms with Crippen LogP contribution in [0, 0.1) is 11.8 Å². The number of piperidine rings is 2. The van der Waals surface area contributed by atoms with E-state index in [0.29, 0.717) is 44.6 Å². The molecule has 2 N–H and O–H groups in total. The second-order valence-electron chi connectivity index (χ2n) is 5.67. The number of nitrogens with zero attached hydrogens (tertiary/aromatic N) is 2. The molecule has 0 bridgehead atoms. The van der Waals surface area contributed by atoms with E-state index in [4.69, 9.17) is 5.73 Å². The van der Waals surface area contributed by atoms with Gasteiger partial charge in [0.25, 0.3) is 10.2 Å². The average molecular weight is 275 g/mol. The number of hydrogen-bond acceptors (Lipinski definition) is 3. The molecule has 2 rings (SSSR count). The van der Waals surface area contributed by atoms with E-state index >= 15 is 0 Å². The van der Waals surface area contributed by atoms with Crippen LogP contribution in [0.15, 0.2) is 0 Å². The van der Waals surface area contributed by atoms with E-state index in [1.165, 1.54) is 0 Å². The van der Waals surface area contributed by atoms with Gasteiger partial charge in [0.15, 0.2) is 0 Å². The van der Waals surface area contributed by atoms with Crippen molar-refractivity contribution in [3.05, 3.63) is 0 Å². The molecule has 0 atom stereocenters. The van der Waals surface area contributed by atoms with Crippen LogP contribution in [0.2, 0.25) is 0 Å². The molecule has 0 spiro atoms. The van der Waals surface area contributed by atoms with Crippen LogP contribution in [0.1, 0.15) is 32.6 Å². The fourth-order valence-electron chi connectivity index (χ4n) is 2.75. The lowest BCUT2D eigenvalue weighted by atomic mass is 9.99. The normalized spacial score (nSPS) is 26.6. The highest BCUT2D eigenvalue weighted by molar-refractivity contribution is 7.86. The van der Waals surface area contributed by atoms with E-state index in [1.807, 2.05) is 0 Å². The van der Waals surface area contributed by atoms with Crippen LogP contribution >= 0.6 is 0 Å². The van der Waals surface area contributed by atoms with Gasteiger partial charge in [0.2, 0.25) is 0 Å². The Balaban J connectivity index is 1.95. The average Bonchev–Trinajstić information content (AvgIpc) is 2.39. The standard InChI is InChI=1S/C12H25N3O2S/c1-11-2-6-14(7-3-11)18(16,17)15-8-4-12(10-13)5-9-15/h11-12H,2-10,13H2,1H3. The first-order chi connectivity index (χ1) is 8.54. The second-order valence-corrected chi connectivity index (χ2v) is 7.60. The monoisotopic (exact) mass is 275 g/mol. The van der Waals surface area contributed by atoms with Crippen molar-refractivity contribution in [1.82, 2.24) is 8.61 Å². The molecule has 0 aromatic heterocycles. The van der Waals surface area contributed by atoms with Crippen LogP contribution in [-0.2, 0) is 10.2 Å². The van der Waals surface area contributed by atoms with E-state index < -0.39 is 10.2 Å². The van der Waals surface area contributed by atoms with Crippen LogP contribution in [0.4, 0.5) is 0 Å². The topological polar surface area (TPSA) is 66.6 Å². The van der Waals surface area contributed by atoms with Gasteiger partial charge >= 0.3 is 0 Å². The summed E-state index contributed by atoms with van der Waals surface area (Å²) in [6, 6.07) is 0. The van der Waals surface area contributed by atoms with E-state index in [1.54, 1.807) is 8.61 Å². The number of rotatable bonds is 3. The molecule has 2 aliphatic heterocycles. The molecule has 18 heavy (non-hydrogen) atoms. The zero-order valence-corrected chi connectivity index (χ0v) is 12.0. The summed E-state index contributed by atoms with van der Waals surface area (Å²) in [5.74, 6) is 1.15. The molecule has 2 saturated heterocycles. The summed E-state index contributed by atoms with van der Waals surface area (Å²) >= 11 is 0. The third kappa shape index (κ3) is 3.04. The fraction of sp³-hybridized carbons (Fsp3) is 1.00. The maximum atomic E-state index is 12.5. The Labute approximate surface area is 110 Å².